The SMILES string of the molecule is CCN(CC)C(=O)CSc1ncncc1C(=O)O. The Hall–Kier alpha value is -1.63. The van der Waals surface area contributed by atoms with Gasteiger partial charge in [-0.05, 0) is 13.8 Å². The van der Waals surface area contributed by atoms with Crippen LogP contribution in [0.2, 0.25) is 0 Å². The molecule has 0 atom stereocenters. The molecule has 0 unspecified atom stereocenters. The van der Waals surface area contributed by atoms with Gasteiger partial charge in [-0.3, -0.25) is 4.79 Å². The summed E-state index contributed by atoms with van der Waals surface area (Å²) < 4.78 is 0. The maximum atomic E-state index is 11.8. The van der Waals surface area contributed by atoms with Gasteiger partial charge in [0.2, 0.25) is 5.91 Å². The van der Waals surface area contributed by atoms with E-state index < -0.39 is 5.97 Å². The first-order chi connectivity index (χ1) is 8.60. The number of thioether (sulfide) groups is 1. The molecule has 98 valence electrons. The summed E-state index contributed by atoms with van der Waals surface area (Å²) in [6.07, 6.45) is 2.51. The maximum Gasteiger partial charge on any atom is 0.340 e. The zero-order valence-electron chi connectivity index (χ0n) is 10.3. The van der Waals surface area contributed by atoms with Crippen molar-refractivity contribution in [1.82, 2.24) is 14.9 Å². The second kappa shape index (κ2) is 6.95. The van der Waals surface area contributed by atoms with E-state index in [1.807, 2.05) is 13.8 Å². The number of amides is 1. The highest BCUT2D eigenvalue weighted by Gasteiger charge is 2.15. The van der Waals surface area contributed by atoms with Crippen LogP contribution in [0.3, 0.4) is 0 Å². The smallest absolute Gasteiger partial charge is 0.340 e. The van der Waals surface area contributed by atoms with Crippen molar-refractivity contribution in [1.29, 1.82) is 0 Å². The molecular weight excluding hydrogens is 254 g/mol. The number of nitrogens with zero attached hydrogens (tertiary/aromatic N) is 3. The monoisotopic (exact) mass is 269 g/mol. The van der Waals surface area contributed by atoms with Crippen LogP contribution in [-0.2, 0) is 4.79 Å². The Morgan fingerprint density at radius 1 is 1.39 bits per heavy atom. The number of rotatable bonds is 6. The molecule has 1 heterocycles. The molecule has 0 fully saturated rings. The highest BCUT2D eigenvalue weighted by Crippen LogP contribution is 2.19. The highest BCUT2D eigenvalue weighted by atomic mass is 32.2. The second-order valence-electron chi connectivity index (χ2n) is 3.40. The van der Waals surface area contributed by atoms with E-state index in [2.05, 4.69) is 9.97 Å². The van der Waals surface area contributed by atoms with E-state index in [4.69, 9.17) is 5.11 Å². The third kappa shape index (κ3) is 3.69. The van der Waals surface area contributed by atoms with Crippen molar-refractivity contribution in [2.75, 3.05) is 18.8 Å². The predicted octanol–water partition coefficient (Wildman–Crippen LogP) is 1.14. The Kier molecular flexibility index (Phi) is 5.57. The average Bonchev–Trinajstić information content (AvgIpc) is 2.38. The van der Waals surface area contributed by atoms with Crippen molar-refractivity contribution < 1.29 is 14.7 Å². The molecule has 0 aliphatic heterocycles. The van der Waals surface area contributed by atoms with Crippen LogP contribution < -0.4 is 0 Å². The standard InChI is InChI=1S/C11H15N3O3S/c1-3-14(4-2)9(15)6-18-10-8(11(16)17)5-12-7-13-10/h5,7H,3-4,6H2,1-2H3,(H,16,17). The molecule has 1 N–H and O–H groups in total. The number of carbonyl (C=O) groups excluding carboxylic acids is 1. The van der Waals surface area contributed by atoms with Crippen LogP contribution in [-0.4, -0.2) is 50.7 Å². The summed E-state index contributed by atoms with van der Waals surface area (Å²) in [7, 11) is 0. The Morgan fingerprint density at radius 2 is 2.06 bits per heavy atom. The van der Waals surface area contributed by atoms with Crippen LogP contribution in [0.15, 0.2) is 17.6 Å². The third-order valence-electron chi connectivity index (χ3n) is 2.35. The van der Waals surface area contributed by atoms with Gasteiger partial charge >= 0.3 is 5.97 Å². The number of carboxylic acid groups (broad SMARTS) is 1. The summed E-state index contributed by atoms with van der Waals surface area (Å²) in [5.74, 6) is -0.938. The molecule has 1 aromatic heterocycles. The summed E-state index contributed by atoms with van der Waals surface area (Å²) in [5.41, 5.74) is 0.0230. The van der Waals surface area contributed by atoms with Gasteiger partial charge in [-0.2, -0.15) is 0 Å². The molecule has 0 aromatic carbocycles. The van der Waals surface area contributed by atoms with Gasteiger partial charge in [-0.1, -0.05) is 11.8 Å². The molecule has 1 aromatic rings. The van der Waals surface area contributed by atoms with Gasteiger partial charge in [0.05, 0.1) is 5.75 Å². The Morgan fingerprint density at radius 3 is 2.61 bits per heavy atom. The molecule has 0 saturated carbocycles. The molecule has 0 aliphatic carbocycles. The minimum absolute atomic E-state index is 0.0230. The van der Waals surface area contributed by atoms with Gasteiger partial charge in [0.1, 0.15) is 16.9 Å². The number of hydrogen-bond donors (Lipinski definition) is 1. The number of carbonyl (C=O) groups is 2. The van der Waals surface area contributed by atoms with E-state index in [1.54, 1.807) is 4.90 Å². The molecule has 0 saturated heterocycles. The lowest BCUT2D eigenvalue weighted by Crippen LogP contribution is -2.31. The van der Waals surface area contributed by atoms with Crippen LogP contribution in [0.4, 0.5) is 0 Å². The fourth-order valence-electron chi connectivity index (χ4n) is 1.38. The number of hydrogen-bond acceptors (Lipinski definition) is 5. The van der Waals surface area contributed by atoms with Crippen LogP contribution in [0.25, 0.3) is 0 Å². The topological polar surface area (TPSA) is 83.4 Å². The molecule has 0 aliphatic rings. The van der Waals surface area contributed by atoms with Gasteiger partial charge < -0.3 is 10.0 Å². The molecule has 0 bridgehead atoms. The van der Waals surface area contributed by atoms with Crippen molar-refractivity contribution in [2.24, 2.45) is 0 Å². The summed E-state index contributed by atoms with van der Waals surface area (Å²) >= 11 is 1.12. The van der Waals surface area contributed by atoms with Crippen LogP contribution >= 0.6 is 11.8 Å². The van der Waals surface area contributed by atoms with Gasteiger partial charge in [0.15, 0.2) is 0 Å². The summed E-state index contributed by atoms with van der Waals surface area (Å²) in [6.45, 7) is 5.09. The maximum absolute atomic E-state index is 11.8. The van der Waals surface area contributed by atoms with Crippen molar-refractivity contribution in [3.8, 4) is 0 Å². The molecule has 7 heteroatoms. The van der Waals surface area contributed by atoms with Crippen molar-refractivity contribution >= 4 is 23.6 Å². The van der Waals surface area contributed by atoms with Crippen molar-refractivity contribution in [2.45, 2.75) is 18.9 Å². The van der Waals surface area contributed by atoms with Gasteiger partial charge in [0.25, 0.3) is 0 Å². The largest absolute Gasteiger partial charge is 0.478 e. The lowest BCUT2D eigenvalue weighted by Gasteiger charge is -2.18. The second-order valence-corrected chi connectivity index (χ2v) is 4.37. The quantitative estimate of drug-likeness (QED) is 0.616. The number of aromatic nitrogens is 2. The first kappa shape index (κ1) is 14.4. The van der Waals surface area contributed by atoms with E-state index in [0.717, 1.165) is 11.8 Å². The summed E-state index contributed by atoms with van der Waals surface area (Å²) in [5, 5.41) is 9.26. The van der Waals surface area contributed by atoms with E-state index in [9.17, 15) is 9.59 Å². The molecule has 6 nitrogen and oxygen atoms in total. The van der Waals surface area contributed by atoms with Gasteiger partial charge in [-0.25, -0.2) is 14.8 Å². The Bertz CT molecular complexity index is 435. The number of carboxylic acids is 1. The van der Waals surface area contributed by atoms with Crippen LogP contribution in [0.5, 0.6) is 0 Å². The third-order valence-corrected chi connectivity index (χ3v) is 3.34. The lowest BCUT2D eigenvalue weighted by molar-refractivity contribution is -0.127. The molecular formula is C11H15N3O3S. The van der Waals surface area contributed by atoms with E-state index >= 15 is 0 Å². The lowest BCUT2D eigenvalue weighted by atomic mass is 10.3. The molecule has 0 spiro atoms. The predicted molar refractivity (Wildman–Crippen MR) is 67.6 cm³/mol. The van der Waals surface area contributed by atoms with Crippen LogP contribution in [0, 0.1) is 0 Å². The number of aromatic carboxylic acids is 1. The first-order valence-electron chi connectivity index (χ1n) is 5.54. The zero-order valence-corrected chi connectivity index (χ0v) is 11.1. The average molecular weight is 269 g/mol. The normalized spacial score (nSPS) is 10.1. The first-order valence-corrected chi connectivity index (χ1v) is 6.52. The Labute approximate surface area is 109 Å². The van der Waals surface area contributed by atoms with Crippen molar-refractivity contribution in [3.63, 3.8) is 0 Å². The van der Waals surface area contributed by atoms with Crippen LogP contribution in [0.1, 0.15) is 24.2 Å². The molecule has 18 heavy (non-hydrogen) atoms. The summed E-state index contributed by atoms with van der Waals surface area (Å²) in [4.78, 5) is 31.9. The Balaban J connectivity index is 2.69. The minimum atomic E-state index is -1.09. The molecule has 1 amide bonds. The van der Waals surface area contributed by atoms with E-state index in [1.165, 1.54) is 12.5 Å². The fourth-order valence-corrected chi connectivity index (χ4v) is 2.24. The van der Waals surface area contributed by atoms with E-state index in [0.29, 0.717) is 18.1 Å². The van der Waals surface area contributed by atoms with Gasteiger partial charge in [0, 0.05) is 19.3 Å². The fraction of sp³-hybridized carbons (Fsp3) is 0.455. The van der Waals surface area contributed by atoms with Crippen molar-refractivity contribution in [3.05, 3.63) is 18.1 Å². The van der Waals surface area contributed by atoms with E-state index in [-0.39, 0.29) is 17.2 Å². The molecule has 1 rings (SSSR count). The molecule has 0 radical (unpaired) electrons. The minimum Gasteiger partial charge on any atom is -0.478 e. The highest BCUT2D eigenvalue weighted by molar-refractivity contribution is 8.00. The zero-order chi connectivity index (χ0) is 13.5. The van der Waals surface area contributed by atoms with Gasteiger partial charge in [-0.15, -0.1) is 0 Å². The summed E-state index contributed by atoms with van der Waals surface area (Å²) in [6, 6.07) is 0.